The van der Waals surface area contributed by atoms with Gasteiger partial charge < -0.3 is 10.1 Å². The van der Waals surface area contributed by atoms with E-state index in [0.717, 1.165) is 24.3 Å². The molecule has 0 radical (unpaired) electrons. The van der Waals surface area contributed by atoms with Crippen molar-refractivity contribution in [2.45, 2.75) is 31.8 Å². The molecule has 16 heavy (non-hydrogen) atoms. The van der Waals surface area contributed by atoms with Gasteiger partial charge in [0.15, 0.2) is 5.75 Å². The normalized spacial score (nSPS) is 17.9. The van der Waals surface area contributed by atoms with E-state index in [-0.39, 0.29) is 6.04 Å². The van der Waals surface area contributed by atoms with Crippen molar-refractivity contribution in [3.8, 4) is 5.75 Å². The molecule has 0 saturated heterocycles. The lowest BCUT2D eigenvalue weighted by molar-refractivity contribution is 0.393. The van der Waals surface area contributed by atoms with E-state index in [2.05, 4.69) is 29.5 Å². The largest absolute Gasteiger partial charge is 0.493 e. The van der Waals surface area contributed by atoms with Gasteiger partial charge >= 0.3 is 0 Å². The van der Waals surface area contributed by atoms with E-state index in [9.17, 15) is 0 Å². The number of aromatic nitrogens is 2. The van der Waals surface area contributed by atoms with Gasteiger partial charge in [-0.1, -0.05) is 12.2 Å². The summed E-state index contributed by atoms with van der Waals surface area (Å²) >= 11 is 0. The van der Waals surface area contributed by atoms with Crippen LogP contribution in [0.2, 0.25) is 0 Å². The van der Waals surface area contributed by atoms with Gasteiger partial charge in [-0.2, -0.15) is 5.10 Å². The summed E-state index contributed by atoms with van der Waals surface area (Å²) in [5, 5.41) is 8.00. The molecule has 2 rings (SSSR count). The number of rotatable bonds is 4. The van der Waals surface area contributed by atoms with Crippen LogP contribution in [0.1, 0.15) is 31.5 Å². The van der Waals surface area contributed by atoms with Gasteiger partial charge in [0.05, 0.1) is 19.3 Å². The predicted molar refractivity (Wildman–Crippen MR) is 63.5 cm³/mol. The number of aryl methyl sites for hydroxylation is 1. The van der Waals surface area contributed by atoms with Gasteiger partial charge in [-0.25, -0.2) is 0 Å². The molecule has 0 bridgehead atoms. The molecule has 1 aromatic heterocycles. The summed E-state index contributed by atoms with van der Waals surface area (Å²) in [6.07, 6.45) is 8.57. The number of hydrogen-bond acceptors (Lipinski definition) is 3. The van der Waals surface area contributed by atoms with Crippen LogP contribution in [0.15, 0.2) is 18.3 Å². The Morgan fingerprint density at radius 3 is 2.81 bits per heavy atom. The maximum absolute atomic E-state index is 5.31. The molecule has 88 valence electrons. The number of nitrogens with one attached hydrogen (secondary N) is 1. The summed E-state index contributed by atoms with van der Waals surface area (Å²) in [6.45, 7) is 2.13. The van der Waals surface area contributed by atoms with Crippen LogP contribution in [0, 0.1) is 0 Å². The van der Waals surface area contributed by atoms with E-state index < -0.39 is 0 Å². The Labute approximate surface area is 96.3 Å². The van der Waals surface area contributed by atoms with E-state index in [4.69, 9.17) is 4.74 Å². The first kappa shape index (κ1) is 11.2. The third-order valence-electron chi connectivity index (χ3n) is 2.95. The predicted octanol–water partition coefficient (Wildman–Crippen LogP) is 1.80. The van der Waals surface area contributed by atoms with Crippen LogP contribution >= 0.6 is 0 Å². The number of ether oxygens (including phenoxy) is 1. The average Bonchev–Trinajstić information content (AvgIpc) is 2.86. The summed E-state index contributed by atoms with van der Waals surface area (Å²) in [7, 11) is 3.60. The zero-order valence-electron chi connectivity index (χ0n) is 10.1. The topological polar surface area (TPSA) is 39.1 Å². The highest BCUT2D eigenvalue weighted by molar-refractivity contribution is 5.27. The second-order valence-corrected chi connectivity index (χ2v) is 4.28. The molecule has 0 aliphatic heterocycles. The van der Waals surface area contributed by atoms with Crippen molar-refractivity contribution in [1.29, 1.82) is 0 Å². The lowest BCUT2D eigenvalue weighted by atomic mass is 10.1. The van der Waals surface area contributed by atoms with Crippen molar-refractivity contribution in [3.63, 3.8) is 0 Å². The highest BCUT2D eigenvalue weighted by Crippen LogP contribution is 2.24. The molecule has 1 atom stereocenters. The number of nitrogens with zero attached hydrogens (tertiary/aromatic N) is 2. The Bertz CT molecular complexity index is 376. The molecule has 0 spiro atoms. The quantitative estimate of drug-likeness (QED) is 0.788. The van der Waals surface area contributed by atoms with Crippen molar-refractivity contribution in [2.75, 3.05) is 7.11 Å². The summed E-state index contributed by atoms with van der Waals surface area (Å²) in [4.78, 5) is 0. The van der Waals surface area contributed by atoms with Crippen molar-refractivity contribution >= 4 is 0 Å². The van der Waals surface area contributed by atoms with Crippen LogP contribution in [0.4, 0.5) is 0 Å². The fraction of sp³-hybridized carbons (Fsp3) is 0.583. The van der Waals surface area contributed by atoms with Crippen molar-refractivity contribution in [3.05, 3.63) is 24.0 Å². The smallest absolute Gasteiger partial charge is 0.161 e. The van der Waals surface area contributed by atoms with Gasteiger partial charge in [-0.15, -0.1) is 0 Å². The van der Waals surface area contributed by atoms with Gasteiger partial charge in [0.25, 0.3) is 0 Å². The SMILES string of the molecule is COc1cn(C)nc1C(C)NC1CC=CC1. The molecular formula is C12H19N3O. The Kier molecular flexibility index (Phi) is 3.29. The summed E-state index contributed by atoms with van der Waals surface area (Å²) in [5.41, 5.74) is 0.983. The van der Waals surface area contributed by atoms with Crippen LogP contribution in [-0.4, -0.2) is 22.9 Å². The summed E-state index contributed by atoms with van der Waals surface area (Å²) < 4.78 is 7.10. The first-order chi connectivity index (χ1) is 7.70. The molecule has 1 aromatic rings. The molecule has 0 fully saturated rings. The molecule has 0 aromatic carbocycles. The molecule has 1 N–H and O–H groups in total. The first-order valence-corrected chi connectivity index (χ1v) is 5.69. The highest BCUT2D eigenvalue weighted by atomic mass is 16.5. The maximum atomic E-state index is 5.31. The van der Waals surface area contributed by atoms with Crippen LogP contribution in [0.5, 0.6) is 5.75 Å². The molecular weight excluding hydrogens is 202 g/mol. The number of hydrogen-bond donors (Lipinski definition) is 1. The van der Waals surface area contributed by atoms with Crippen LogP contribution in [0.25, 0.3) is 0 Å². The first-order valence-electron chi connectivity index (χ1n) is 5.69. The Morgan fingerprint density at radius 2 is 2.19 bits per heavy atom. The monoisotopic (exact) mass is 221 g/mol. The molecule has 0 saturated carbocycles. The zero-order chi connectivity index (χ0) is 11.5. The van der Waals surface area contributed by atoms with E-state index in [0.29, 0.717) is 6.04 Å². The minimum Gasteiger partial charge on any atom is -0.493 e. The fourth-order valence-corrected chi connectivity index (χ4v) is 2.13. The van der Waals surface area contributed by atoms with Crippen molar-refractivity contribution < 1.29 is 4.74 Å². The Hall–Kier alpha value is -1.29. The minimum absolute atomic E-state index is 0.223. The Morgan fingerprint density at radius 1 is 1.50 bits per heavy atom. The molecule has 1 aliphatic carbocycles. The molecule has 1 heterocycles. The van der Waals surface area contributed by atoms with E-state index >= 15 is 0 Å². The van der Waals surface area contributed by atoms with Gasteiger partial charge in [0.2, 0.25) is 0 Å². The van der Waals surface area contributed by atoms with E-state index in [1.165, 1.54) is 0 Å². The second-order valence-electron chi connectivity index (χ2n) is 4.28. The third kappa shape index (κ3) is 2.27. The lowest BCUT2D eigenvalue weighted by Crippen LogP contribution is -2.29. The molecule has 0 amide bonds. The van der Waals surface area contributed by atoms with Crippen LogP contribution in [-0.2, 0) is 7.05 Å². The standard InChI is InChI=1S/C12H19N3O/c1-9(13-10-6-4-5-7-10)12-11(16-3)8-15(2)14-12/h4-5,8-10,13H,6-7H2,1-3H3. The zero-order valence-corrected chi connectivity index (χ0v) is 10.1. The van der Waals surface area contributed by atoms with Crippen molar-refractivity contribution in [2.24, 2.45) is 7.05 Å². The van der Waals surface area contributed by atoms with E-state index in [1.54, 1.807) is 11.8 Å². The van der Waals surface area contributed by atoms with Crippen LogP contribution < -0.4 is 10.1 Å². The second kappa shape index (κ2) is 4.70. The molecule has 4 heteroatoms. The van der Waals surface area contributed by atoms with Crippen LogP contribution in [0.3, 0.4) is 0 Å². The fourth-order valence-electron chi connectivity index (χ4n) is 2.13. The van der Waals surface area contributed by atoms with Gasteiger partial charge in [-0.3, -0.25) is 4.68 Å². The Balaban J connectivity index is 2.04. The summed E-state index contributed by atoms with van der Waals surface area (Å²) in [6, 6.07) is 0.766. The van der Waals surface area contributed by atoms with E-state index in [1.807, 2.05) is 13.2 Å². The number of methoxy groups -OCH3 is 1. The maximum Gasteiger partial charge on any atom is 0.161 e. The lowest BCUT2D eigenvalue weighted by Gasteiger charge is -2.18. The molecule has 1 unspecified atom stereocenters. The highest BCUT2D eigenvalue weighted by Gasteiger charge is 2.19. The van der Waals surface area contributed by atoms with Crippen molar-refractivity contribution in [1.82, 2.24) is 15.1 Å². The van der Waals surface area contributed by atoms with Gasteiger partial charge in [0, 0.05) is 13.1 Å². The van der Waals surface area contributed by atoms with Gasteiger partial charge in [-0.05, 0) is 19.8 Å². The van der Waals surface area contributed by atoms with Gasteiger partial charge in [0.1, 0.15) is 5.69 Å². The third-order valence-corrected chi connectivity index (χ3v) is 2.95. The summed E-state index contributed by atoms with van der Waals surface area (Å²) in [5.74, 6) is 0.855. The molecule has 1 aliphatic rings. The average molecular weight is 221 g/mol. The minimum atomic E-state index is 0.223. The molecule has 4 nitrogen and oxygen atoms in total.